The van der Waals surface area contributed by atoms with Crippen LogP contribution in [0, 0.1) is 5.92 Å². The Hall–Kier alpha value is -2.57. The molecule has 2 atom stereocenters. The average Bonchev–Trinajstić information content (AvgIpc) is 2.86. The molecule has 2 aromatic carbocycles. The van der Waals surface area contributed by atoms with Gasteiger partial charge in [-0.2, -0.15) is 0 Å². The van der Waals surface area contributed by atoms with Crippen LogP contribution in [0.15, 0.2) is 48.5 Å². The summed E-state index contributed by atoms with van der Waals surface area (Å²) < 4.78 is 5.17. The minimum atomic E-state index is -0.310. The van der Waals surface area contributed by atoms with Gasteiger partial charge in [0.15, 0.2) is 0 Å². The molecule has 32 heavy (non-hydrogen) atoms. The number of hydrogen-bond acceptors (Lipinski definition) is 4. The van der Waals surface area contributed by atoms with Crippen LogP contribution >= 0.6 is 11.6 Å². The highest BCUT2D eigenvalue weighted by atomic mass is 35.5. The van der Waals surface area contributed by atoms with Crippen LogP contribution in [-0.2, 0) is 22.7 Å². The second-order valence-electron chi connectivity index (χ2n) is 8.38. The molecule has 1 saturated heterocycles. The van der Waals surface area contributed by atoms with E-state index in [9.17, 15) is 9.59 Å². The number of carbonyl (C=O) groups excluding carboxylic acids is 2. The smallest absolute Gasteiger partial charge is 0.223 e. The molecule has 0 bridgehead atoms. The second-order valence-corrected chi connectivity index (χ2v) is 8.82. The van der Waals surface area contributed by atoms with Gasteiger partial charge in [0.2, 0.25) is 11.8 Å². The van der Waals surface area contributed by atoms with Crippen molar-refractivity contribution in [1.82, 2.24) is 15.5 Å². The van der Waals surface area contributed by atoms with Gasteiger partial charge in [-0.3, -0.25) is 9.59 Å². The van der Waals surface area contributed by atoms with Gasteiger partial charge in [-0.1, -0.05) is 42.3 Å². The first-order valence-electron chi connectivity index (χ1n) is 11.1. The summed E-state index contributed by atoms with van der Waals surface area (Å²) in [6.07, 6.45) is 2.73. The number of nitrogens with zero attached hydrogens (tertiary/aromatic N) is 1. The van der Waals surface area contributed by atoms with Gasteiger partial charge >= 0.3 is 0 Å². The number of carbonyl (C=O) groups is 2. The Morgan fingerprint density at radius 3 is 2.62 bits per heavy atom. The minimum Gasteiger partial charge on any atom is -0.497 e. The van der Waals surface area contributed by atoms with E-state index in [0.717, 1.165) is 34.7 Å². The molecule has 172 valence electrons. The summed E-state index contributed by atoms with van der Waals surface area (Å²) in [5.41, 5.74) is 2.11. The monoisotopic (exact) mass is 457 g/mol. The number of ether oxygens (including phenoxy) is 1. The average molecular weight is 458 g/mol. The Morgan fingerprint density at radius 2 is 1.91 bits per heavy atom. The van der Waals surface area contributed by atoms with Crippen molar-refractivity contribution in [2.75, 3.05) is 20.7 Å². The molecule has 1 fully saturated rings. The lowest BCUT2D eigenvalue weighted by Gasteiger charge is -2.24. The van der Waals surface area contributed by atoms with Gasteiger partial charge < -0.3 is 20.3 Å². The Labute approximate surface area is 195 Å². The van der Waals surface area contributed by atoms with Gasteiger partial charge in [-0.05, 0) is 48.2 Å². The number of nitrogens with one attached hydrogen (secondary N) is 2. The Kier molecular flexibility index (Phi) is 8.94. The highest BCUT2D eigenvalue weighted by Gasteiger charge is 2.27. The van der Waals surface area contributed by atoms with Gasteiger partial charge in [0.1, 0.15) is 5.75 Å². The molecule has 2 amide bonds. The summed E-state index contributed by atoms with van der Waals surface area (Å²) >= 11 is 6.08. The molecule has 1 aliphatic heterocycles. The van der Waals surface area contributed by atoms with Crippen molar-refractivity contribution in [3.8, 4) is 5.75 Å². The van der Waals surface area contributed by atoms with Crippen molar-refractivity contribution in [2.24, 2.45) is 5.92 Å². The zero-order valence-electron chi connectivity index (χ0n) is 18.8. The maximum atomic E-state index is 12.8. The Bertz CT molecular complexity index is 904. The normalized spacial score (nSPS) is 19.6. The summed E-state index contributed by atoms with van der Waals surface area (Å²) in [5, 5.41) is 7.26. The van der Waals surface area contributed by atoms with Crippen molar-refractivity contribution in [1.29, 1.82) is 0 Å². The van der Waals surface area contributed by atoms with E-state index in [4.69, 9.17) is 16.3 Å². The zero-order valence-corrected chi connectivity index (χ0v) is 19.5. The quantitative estimate of drug-likeness (QED) is 0.664. The first-order chi connectivity index (χ1) is 15.4. The van der Waals surface area contributed by atoms with Crippen LogP contribution in [-0.4, -0.2) is 43.5 Å². The van der Waals surface area contributed by atoms with E-state index in [-0.39, 0.29) is 30.2 Å². The van der Waals surface area contributed by atoms with E-state index in [1.54, 1.807) is 12.0 Å². The molecular weight excluding hydrogens is 426 g/mol. The standard InChI is InChI=1S/C25H32ClN3O3/c1-29-17-22(27-16-19-5-3-7-21(26)13-19)8-4-6-20(14-24(29)30)25(31)28-15-18-9-11-23(32-2)12-10-18/h3,5,7,9-13,20,22,27H,4,6,8,14-17H2,1-2H3,(H,28,31). The first-order valence-corrected chi connectivity index (χ1v) is 11.4. The van der Waals surface area contributed by atoms with E-state index in [0.29, 0.717) is 26.1 Å². The summed E-state index contributed by atoms with van der Waals surface area (Å²) in [4.78, 5) is 27.3. The number of amides is 2. The third kappa shape index (κ3) is 7.24. The molecule has 1 heterocycles. The minimum absolute atomic E-state index is 0.00560. The van der Waals surface area contributed by atoms with Crippen molar-refractivity contribution in [2.45, 2.75) is 44.8 Å². The largest absolute Gasteiger partial charge is 0.497 e. The van der Waals surface area contributed by atoms with Crippen LogP contribution in [0.25, 0.3) is 0 Å². The fourth-order valence-corrected chi connectivity index (χ4v) is 4.19. The van der Waals surface area contributed by atoms with E-state index < -0.39 is 0 Å². The summed E-state index contributed by atoms with van der Waals surface area (Å²) in [7, 11) is 3.44. The number of rotatable bonds is 7. The van der Waals surface area contributed by atoms with Crippen molar-refractivity contribution >= 4 is 23.4 Å². The van der Waals surface area contributed by atoms with Crippen LogP contribution in [0.3, 0.4) is 0 Å². The van der Waals surface area contributed by atoms with Crippen LogP contribution in [0.5, 0.6) is 5.75 Å². The molecule has 0 saturated carbocycles. The lowest BCUT2D eigenvalue weighted by Crippen LogP contribution is -2.41. The van der Waals surface area contributed by atoms with Crippen molar-refractivity contribution < 1.29 is 14.3 Å². The predicted octanol–water partition coefficient (Wildman–Crippen LogP) is 3.77. The van der Waals surface area contributed by atoms with Gasteiger partial charge in [-0.25, -0.2) is 0 Å². The van der Waals surface area contributed by atoms with Gasteiger partial charge in [0.25, 0.3) is 0 Å². The number of methoxy groups -OCH3 is 1. The van der Waals surface area contributed by atoms with E-state index in [1.807, 2.05) is 55.6 Å². The van der Waals surface area contributed by atoms with Crippen molar-refractivity contribution in [3.63, 3.8) is 0 Å². The molecule has 0 spiro atoms. The topological polar surface area (TPSA) is 70.7 Å². The van der Waals surface area contributed by atoms with Crippen molar-refractivity contribution in [3.05, 3.63) is 64.7 Å². The highest BCUT2D eigenvalue weighted by molar-refractivity contribution is 6.30. The molecule has 3 rings (SSSR count). The third-order valence-corrected chi connectivity index (χ3v) is 6.16. The van der Waals surface area contributed by atoms with Crippen LogP contribution in [0.4, 0.5) is 0 Å². The Morgan fingerprint density at radius 1 is 1.12 bits per heavy atom. The molecule has 1 aliphatic rings. The number of halogens is 1. The maximum Gasteiger partial charge on any atom is 0.223 e. The SMILES string of the molecule is COc1ccc(CNC(=O)C2CCCC(NCc3cccc(Cl)c3)CN(C)C(=O)C2)cc1. The van der Waals surface area contributed by atoms with Gasteiger partial charge in [0, 0.05) is 50.1 Å². The van der Waals surface area contributed by atoms with Gasteiger partial charge in [-0.15, -0.1) is 0 Å². The van der Waals surface area contributed by atoms with Crippen LogP contribution in [0.2, 0.25) is 5.02 Å². The molecule has 2 unspecified atom stereocenters. The Balaban J connectivity index is 1.53. The number of likely N-dealkylation sites (N-methyl/N-ethyl adjacent to an activating group) is 1. The lowest BCUT2D eigenvalue weighted by molar-refractivity contribution is -0.135. The predicted molar refractivity (Wildman–Crippen MR) is 127 cm³/mol. The molecule has 6 nitrogen and oxygen atoms in total. The first kappa shape index (κ1) is 24.1. The number of hydrogen-bond donors (Lipinski definition) is 2. The van der Waals surface area contributed by atoms with Gasteiger partial charge in [0.05, 0.1) is 7.11 Å². The fourth-order valence-electron chi connectivity index (χ4n) is 3.98. The molecule has 2 aromatic rings. The summed E-state index contributed by atoms with van der Waals surface area (Å²) in [6, 6.07) is 15.5. The maximum absolute atomic E-state index is 12.8. The molecule has 0 aliphatic carbocycles. The molecular formula is C25H32ClN3O3. The van der Waals surface area contributed by atoms with E-state index in [1.165, 1.54) is 0 Å². The fraction of sp³-hybridized carbons (Fsp3) is 0.440. The lowest BCUT2D eigenvalue weighted by atomic mass is 9.96. The summed E-state index contributed by atoms with van der Waals surface area (Å²) in [6.45, 7) is 1.76. The molecule has 0 aromatic heterocycles. The van der Waals surface area contributed by atoms with Crippen LogP contribution < -0.4 is 15.4 Å². The van der Waals surface area contributed by atoms with E-state index >= 15 is 0 Å². The molecule has 0 radical (unpaired) electrons. The molecule has 7 heteroatoms. The van der Waals surface area contributed by atoms with E-state index in [2.05, 4.69) is 10.6 Å². The third-order valence-electron chi connectivity index (χ3n) is 5.93. The van der Waals surface area contributed by atoms with Crippen LogP contribution in [0.1, 0.15) is 36.8 Å². The summed E-state index contributed by atoms with van der Waals surface area (Å²) in [5.74, 6) is 0.414. The molecule has 2 N–H and O–H groups in total. The zero-order chi connectivity index (χ0) is 22.9. The highest BCUT2D eigenvalue weighted by Crippen LogP contribution is 2.20. The second kappa shape index (κ2) is 11.9. The number of benzene rings is 2.